The van der Waals surface area contributed by atoms with Gasteiger partial charge in [0.15, 0.2) is 0 Å². The molecule has 0 aliphatic carbocycles. The number of nitrogens with zero attached hydrogens (tertiary/aromatic N) is 1. The molecule has 0 spiro atoms. The van der Waals surface area contributed by atoms with E-state index in [1.54, 1.807) is 25.1 Å². The lowest BCUT2D eigenvalue weighted by Crippen LogP contribution is -2.38. The summed E-state index contributed by atoms with van der Waals surface area (Å²) >= 11 is 3.29. The molecule has 1 atom stereocenters. The maximum atomic E-state index is 12.7. The molecule has 0 saturated carbocycles. The zero-order valence-corrected chi connectivity index (χ0v) is 14.2. The predicted molar refractivity (Wildman–Crippen MR) is 81.6 cm³/mol. The standard InChI is InChI=1S/C13H17BrN2O4S/c1-9-3-4-10(14)7-12(9)21(18,19)16-6-5-11(8-16)15-13(17)20-2/h3-4,7,11H,5-6,8H2,1-2H3,(H,15,17). The smallest absolute Gasteiger partial charge is 0.407 e. The Morgan fingerprint density at radius 2 is 2.19 bits per heavy atom. The third-order valence-electron chi connectivity index (χ3n) is 3.43. The summed E-state index contributed by atoms with van der Waals surface area (Å²) in [6.45, 7) is 2.39. The van der Waals surface area contributed by atoms with Gasteiger partial charge in [-0.3, -0.25) is 0 Å². The SMILES string of the molecule is COC(=O)NC1CCN(S(=O)(=O)c2cc(Br)ccc2C)C1. The van der Waals surface area contributed by atoms with Crippen molar-refractivity contribution < 1.29 is 17.9 Å². The van der Waals surface area contributed by atoms with Crippen molar-refractivity contribution in [3.05, 3.63) is 28.2 Å². The Hall–Kier alpha value is -1.12. The van der Waals surface area contributed by atoms with E-state index in [1.165, 1.54) is 11.4 Å². The summed E-state index contributed by atoms with van der Waals surface area (Å²) in [7, 11) is -2.27. The molecule has 1 aliphatic heterocycles. The Kier molecular flexibility index (Phi) is 4.90. The zero-order valence-electron chi connectivity index (χ0n) is 11.8. The summed E-state index contributed by atoms with van der Waals surface area (Å²) in [5.74, 6) is 0. The van der Waals surface area contributed by atoms with Gasteiger partial charge in [-0.25, -0.2) is 13.2 Å². The fourth-order valence-corrected chi connectivity index (χ4v) is 4.54. The number of aryl methyl sites for hydroxylation is 1. The highest BCUT2D eigenvalue weighted by Crippen LogP contribution is 2.26. The Labute approximate surface area is 132 Å². The van der Waals surface area contributed by atoms with Gasteiger partial charge in [-0.05, 0) is 31.0 Å². The first-order chi connectivity index (χ1) is 9.84. The van der Waals surface area contributed by atoms with Crippen molar-refractivity contribution in [2.24, 2.45) is 0 Å². The van der Waals surface area contributed by atoms with Crippen LogP contribution < -0.4 is 5.32 Å². The second-order valence-corrected chi connectivity index (χ2v) is 7.72. The number of amides is 1. The van der Waals surface area contributed by atoms with E-state index in [-0.39, 0.29) is 17.5 Å². The first-order valence-electron chi connectivity index (χ1n) is 6.45. The van der Waals surface area contributed by atoms with Gasteiger partial charge in [0.05, 0.1) is 12.0 Å². The van der Waals surface area contributed by atoms with Gasteiger partial charge >= 0.3 is 6.09 Å². The number of carbonyl (C=O) groups excluding carboxylic acids is 1. The predicted octanol–water partition coefficient (Wildman–Crippen LogP) is 1.88. The maximum Gasteiger partial charge on any atom is 0.407 e. The van der Waals surface area contributed by atoms with E-state index < -0.39 is 16.1 Å². The first-order valence-corrected chi connectivity index (χ1v) is 8.68. The highest BCUT2D eigenvalue weighted by Gasteiger charge is 2.34. The van der Waals surface area contributed by atoms with Crippen LogP contribution in [-0.4, -0.2) is 45.1 Å². The van der Waals surface area contributed by atoms with Crippen molar-refractivity contribution in [3.63, 3.8) is 0 Å². The van der Waals surface area contributed by atoms with Gasteiger partial charge in [-0.1, -0.05) is 22.0 Å². The molecule has 6 nitrogen and oxygen atoms in total. The van der Waals surface area contributed by atoms with Crippen LogP contribution in [0.25, 0.3) is 0 Å². The molecule has 21 heavy (non-hydrogen) atoms. The Morgan fingerprint density at radius 1 is 1.48 bits per heavy atom. The molecule has 1 amide bonds. The minimum absolute atomic E-state index is 0.223. The molecule has 0 bridgehead atoms. The number of ether oxygens (including phenoxy) is 1. The normalized spacial score (nSPS) is 19.5. The number of sulfonamides is 1. The zero-order chi connectivity index (χ0) is 15.6. The van der Waals surface area contributed by atoms with E-state index in [0.717, 1.165) is 4.47 Å². The largest absolute Gasteiger partial charge is 0.453 e. The molecule has 1 aromatic carbocycles. The van der Waals surface area contributed by atoms with E-state index in [0.29, 0.717) is 18.5 Å². The summed E-state index contributed by atoms with van der Waals surface area (Å²) in [5, 5.41) is 2.63. The van der Waals surface area contributed by atoms with Gasteiger partial charge in [-0.2, -0.15) is 4.31 Å². The summed E-state index contributed by atoms with van der Waals surface area (Å²) in [6, 6.07) is 4.95. The number of benzene rings is 1. The number of carbonyl (C=O) groups is 1. The van der Waals surface area contributed by atoms with Crippen molar-refractivity contribution in [1.82, 2.24) is 9.62 Å². The molecule has 1 saturated heterocycles. The summed E-state index contributed by atoms with van der Waals surface area (Å²) in [6.07, 6.45) is 0.0272. The Morgan fingerprint density at radius 3 is 2.86 bits per heavy atom. The number of alkyl carbamates (subject to hydrolysis) is 1. The van der Waals surface area contributed by atoms with E-state index in [9.17, 15) is 13.2 Å². The fourth-order valence-electron chi connectivity index (χ4n) is 2.28. The van der Waals surface area contributed by atoms with Crippen LogP contribution in [0.1, 0.15) is 12.0 Å². The average molecular weight is 377 g/mol. The molecule has 8 heteroatoms. The molecule has 116 valence electrons. The van der Waals surface area contributed by atoms with Crippen molar-refractivity contribution in [2.75, 3.05) is 20.2 Å². The number of hydrogen-bond donors (Lipinski definition) is 1. The minimum Gasteiger partial charge on any atom is -0.453 e. The van der Waals surface area contributed by atoms with Gasteiger partial charge in [0.1, 0.15) is 0 Å². The van der Waals surface area contributed by atoms with E-state index >= 15 is 0 Å². The molecule has 0 aromatic heterocycles. The molecule has 1 heterocycles. The lowest BCUT2D eigenvalue weighted by molar-refractivity contribution is 0.167. The van der Waals surface area contributed by atoms with Gasteiger partial charge in [0.25, 0.3) is 0 Å². The van der Waals surface area contributed by atoms with E-state index in [4.69, 9.17) is 0 Å². The van der Waals surface area contributed by atoms with Crippen LogP contribution in [0.4, 0.5) is 4.79 Å². The number of halogens is 1. The van der Waals surface area contributed by atoms with Crippen LogP contribution in [0.5, 0.6) is 0 Å². The summed E-state index contributed by atoms with van der Waals surface area (Å²) in [5.41, 5.74) is 0.697. The monoisotopic (exact) mass is 376 g/mol. The van der Waals surface area contributed by atoms with Crippen LogP contribution in [0, 0.1) is 6.92 Å². The molecule has 1 aliphatic rings. The molecule has 1 aromatic rings. The fraction of sp³-hybridized carbons (Fsp3) is 0.462. The van der Waals surface area contributed by atoms with Crippen LogP contribution in [0.2, 0.25) is 0 Å². The van der Waals surface area contributed by atoms with Crippen LogP contribution in [0.15, 0.2) is 27.6 Å². The molecule has 2 rings (SSSR count). The second kappa shape index (κ2) is 6.33. The third kappa shape index (κ3) is 3.56. The maximum absolute atomic E-state index is 12.7. The number of rotatable bonds is 3. The average Bonchev–Trinajstić information content (AvgIpc) is 2.90. The highest BCUT2D eigenvalue weighted by atomic mass is 79.9. The second-order valence-electron chi connectivity index (χ2n) is 4.89. The summed E-state index contributed by atoms with van der Waals surface area (Å²) < 4.78 is 32.0. The molecule has 1 fully saturated rings. The minimum atomic E-state index is -3.56. The quantitative estimate of drug-likeness (QED) is 0.873. The van der Waals surface area contributed by atoms with Crippen molar-refractivity contribution >= 4 is 32.0 Å². The first kappa shape index (κ1) is 16.3. The Bertz CT molecular complexity index is 648. The van der Waals surface area contributed by atoms with Crippen molar-refractivity contribution in [1.29, 1.82) is 0 Å². The van der Waals surface area contributed by atoms with E-state index in [1.807, 2.05) is 0 Å². The molecule has 0 radical (unpaired) electrons. The topological polar surface area (TPSA) is 75.7 Å². The third-order valence-corrected chi connectivity index (χ3v) is 5.93. The van der Waals surface area contributed by atoms with Gasteiger partial charge in [-0.15, -0.1) is 0 Å². The van der Waals surface area contributed by atoms with Crippen LogP contribution in [0.3, 0.4) is 0 Å². The Balaban J connectivity index is 2.18. The van der Waals surface area contributed by atoms with Crippen LogP contribution >= 0.6 is 15.9 Å². The van der Waals surface area contributed by atoms with Crippen molar-refractivity contribution in [3.8, 4) is 0 Å². The van der Waals surface area contributed by atoms with Gasteiger partial charge in [0, 0.05) is 23.6 Å². The van der Waals surface area contributed by atoms with Crippen LogP contribution in [-0.2, 0) is 14.8 Å². The van der Waals surface area contributed by atoms with Gasteiger partial charge < -0.3 is 10.1 Å². The lowest BCUT2D eigenvalue weighted by atomic mass is 10.2. The lowest BCUT2D eigenvalue weighted by Gasteiger charge is -2.18. The number of methoxy groups -OCH3 is 1. The van der Waals surface area contributed by atoms with Gasteiger partial charge in [0.2, 0.25) is 10.0 Å². The number of hydrogen-bond acceptors (Lipinski definition) is 4. The highest BCUT2D eigenvalue weighted by molar-refractivity contribution is 9.10. The molecular weight excluding hydrogens is 360 g/mol. The molecule has 1 unspecified atom stereocenters. The summed E-state index contributed by atoms with van der Waals surface area (Å²) in [4.78, 5) is 11.5. The van der Waals surface area contributed by atoms with E-state index in [2.05, 4.69) is 26.0 Å². The molecule has 1 N–H and O–H groups in total. The number of nitrogens with one attached hydrogen (secondary N) is 1. The molecular formula is C13H17BrN2O4S. The van der Waals surface area contributed by atoms with Crippen molar-refractivity contribution in [2.45, 2.75) is 24.3 Å².